The molecule has 0 aromatic carbocycles. The molecule has 4 rings (SSSR count). The van der Waals surface area contributed by atoms with Crippen LogP contribution in [0.4, 0.5) is 0 Å². The van der Waals surface area contributed by atoms with Crippen LogP contribution in [0, 0.1) is 0 Å². The molecule has 3 aromatic heterocycles. The van der Waals surface area contributed by atoms with Crippen LogP contribution in [0.15, 0.2) is 29.3 Å². The molecule has 9 nitrogen and oxygen atoms in total. The molecule has 1 aliphatic heterocycles. The van der Waals surface area contributed by atoms with Crippen molar-refractivity contribution in [2.45, 2.75) is 25.7 Å². The normalized spacial score (nSPS) is 18.0. The molecule has 4 heterocycles. The van der Waals surface area contributed by atoms with Crippen LogP contribution in [-0.4, -0.2) is 46.2 Å². The number of fused-ring (bicyclic) bond motifs is 2. The number of carboxylic acids is 1. The van der Waals surface area contributed by atoms with Crippen molar-refractivity contribution in [3.8, 4) is 0 Å². The molecule has 0 aliphatic carbocycles. The highest BCUT2D eigenvalue weighted by atomic mass is 35.5. The maximum Gasteiger partial charge on any atom is 0.343 e. The van der Waals surface area contributed by atoms with Crippen LogP contribution in [0.2, 0.25) is 5.02 Å². The first-order valence-corrected chi connectivity index (χ1v) is 7.63. The second kappa shape index (κ2) is 5.46. The number of pyridine rings is 1. The first kappa shape index (κ1) is 14.9. The van der Waals surface area contributed by atoms with Gasteiger partial charge in [0.2, 0.25) is 0 Å². The molecular formula is C14H13ClN6O3. The Morgan fingerprint density at radius 3 is 3.04 bits per heavy atom. The first-order chi connectivity index (χ1) is 11.5. The van der Waals surface area contributed by atoms with E-state index in [1.165, 1.54) is 4.57 Å². The Bertz CT molecular complexity index is 990. The third-order valence-corrected chi connectivity index (χ3v) is 4.32. The van der Waals surface area contributed by atoms with Crippen molar-refractivity contribution in [1.29, 1.82) is 0 Å². The van der Waals surface area contributed by atoms with E-state index in [-0.39, 0.29) is 13.1 Å². The van der Waals surface area contributed by atoms with Gasteiger partial charge in [-0.1, -0.05) is 11.6 Å². The number of carbonyl (C=O) groups is 1. The van der Waals surface area contributed by atoms with Gasteiger partial charge in [0.1, 0.15) is 17.5 Å². The third-order valence-electron chi connectivity index (χ3n) is 4.09. The summed E-state index contributed by atoms with van der Waals surface area (Å²) in [7, 11) is 0. The lowest BCUT2D eigenvalue weighted by atomic mass is 10.2. The van der Waals surface area contributed by atoms with Crippen LogP contribution in [0.3, 0.4) is 0 Å². The predicted molar refractivity (Wildman–Crippen MR) is 83.7 cm³/mol. The molecule has 24 heavy (non-hydrogen) atoms. The van der Waals surface area contributed by atoms with E-state index in [0.29, 0.717) is 17.4 Å². The number of hydrogen-bond donors (Lipinski definition) is 2. The second-order valence-electron chi connectivity index (χ2n) is 5.66. The lowest BCUT2D eigenvalue weighted by Gasteiger charge is -2.31. The number of aromatic nitrogens is 5. The van der Waals surface area contributed by atoms with Crippen molar-refractivity contribution in [2.24, 2.45) is 0 Å². The number of halogens is 1. The van der Waals surface area contributed by atoms with E-state index in [0.717, 1.165) is 11.3 Å². The molecule has 3 aromatic rings. The zero-order chi connectivity index (χ0) is 16.8. The molecule has 1 unspecified atom stereocenters. The number of nitrogens with zero attached hydrogens (tertiary/aromatic N) is 5. The Labute approximate surface area is 140 Å². The van der Waals surface area contributed by atoms with E-state index in [4.69, 9.17) is 11.6 Å². The first-order valence-electron chi connectivity index (χ1n) is 7.25. The second-order valence-corrected chi connectivity index (χ2v) is 6.10. The Morgan fingerprint density at radius 2 is 2.25 bits per heavy atom. The summed E-state index contributed by atoms with van der Waals surface area (Å²) < 4.78 is 3.15. The summed E-state index contributed by atoms with van der Waals surface area (Å²) in [6, 6.07) is 2.72. The highest BCUT2D eigenvalue weighted by Crippen LogP contribution is 2.19. The number of aromatic amines is 1. The summed E-state index contributed by atoms with van der Waals surface area (Å²) in [5.41, 5.74) is 1.06. The van der Waals surface area contributed by atoms with Gasteiger partial charge in [-0.05, 0) is 12.1 Å². The number of hydrogen-bond acceptors (Lipinski definition) is 5. The van der Waals surface area contributed by atoms with Crippen LogP contribution >= 0.6 is 11.6 Å². The zero-order valence-electron chi connectivity index (χ0n) is 12.4. The van der Waals surface area contributed by atoms with E-state index in [1.807, 2.05) is 6.20 Å². The highest BCUT2D eigenvalue weighted by Gasteiger charge is 2.33. The van der Waals surface area contributed by atoms with Crippen molar-refractivity contribution in [3.05, 3.63) is 51.6 Å². The van der Waals surface area contributed by atoms with E-state index < -0.39 is 17.7 Å². The fraction of sp³-hybridized carbons (Fsp3) is 0.286. The van der Waals surface area contributed by atoms with Gasteiger partial charge in [0.15, 0.2) is 0 Å². The topological polar surface area (TPSA) is 109 Å². The van der Waals surface area contributed by atoms with Crippen LogP contribution in [0.25, 0.3) is 5.65 Å². The molecule has 0 radical (unpaired) electrons. The zero-order valence-corrected chi connectivity index (χ0v) is 13.1. The van der Waals surface area contributed by atoms with Crippen molar-refractivity contribution in [2.75, 3.05) is 0 Å². The SMILES string of the molecule is O=C(O)C1Cn2c(n[nH]c2=O)CN1Cc1cn2cc(Cl)ccc2n1. The van der Waals surface area contributed by atoms with Gasteiger partial charge in [-0.25, -0.2) is 14.9 Å². The lowest BCUT2D eigenvalue weighted by molar-refractivity contribution is -0.145. The van der Waals surface area contributed by atoms with Gasteiger partial charge in [-0.3, -0.25) is 14.3 Å². The summed E-state index contributed by atoms with van der Waals surface area (Å²) in [4.78, 5) is 29.4. The number of imidazole rings is 1. The lowest BCUT2D eigenvalue weighted by Crippen LogP contribution is -2.49. The van der Waals surface area contributed by atoms with E-state index in [9.17, 15) is 14.7 Å². The summed E-state index contributed by atoms with van der Waals surface area (Å²) in [6.07, 6.45) is 3.55. The summed E-state index contributed by atoms with van der Waals surface area (Å²) in [5.74, 6) is -0.468. The van der Waals surface area contributed by atoms with Crippen molar-refractivity contribution in [1.82, 2.24) is 29.0 Å². The number of rotatable bonds is 3. The number of H-pyrrole nitrogens is 1. The molecule has 0 saturated heterocycles. The Balaban J connectivity index is 1.66. The van der Waals surface area contributed by atoms with Gasteiger partial charge in [0, 0.05) is 18.9 Å². The smallest absolute Gasteiger partial charge is 0.343 e. The Hall–Kier alpha value is -2.65. The molecule has 10 heteroatoms. The van der Waals surface area contributed by atoms with Crippen molar-refractivity contribution >= 4 is 23.2 Å². The fourth-order valence-corrected chi connectivity index (χ4v) is 3.11. The monoisotopic (exact) mass is 348 g/mol. The molecule has 2 N–H and O–H groups in total. The average Bonchev–Trinajstić information content (AvgIpc) is 3.09. The largest absolute Gasteiger partial charge is 0.480 e. The Kier molecular flexibility index (Phi) is 3.39. The van der Waals surface area contributed by atoms with Crippen LogP contribution in [0.1, 0.15) is 11.5 Å². The minimum Gasteiger partial charge on any atom is -0.480 e. The molecule has 1 aliphatic rings. The van der Waals surface area contributed by atoms with Crippen molar-refractivity contribution in [3.63, 3.8) is 0 Å². The fourth-order valence-electron chi connectivity index (χ4n) is 2.94. The van der Waals surface area contributed by atoms with Gasteiger partial charge in [-0.15, -0.1) is 0 Å². The van der Waals surface area contributed by atoms with Gasteiger partial charge < -0.3 is 9.51 Å². The van der Waals surface area contributed by atoms with Gasteiger partial charge in [-0.2, -0.15) is 5.10 Å². The highest BCUT2D eigenvalue weighted by molar-refractivity contribution is 6.30. The molecule has 0 fully saturated rings. The average molecular weight is 349 g/mol. The van der Waals surface area contributed by atoms with Crippen LogP contribution < -0.4 is 5.69 Å². The molecule has 0 saturated carbocycles. The Morgan fingerprint density at radius 1 is 1.42 bits per heavy atom. The molecule has 0 spiro atoms. The number of carboxylic acid groups (broad SMARTS) is 1. The third kappa shape index (κ3) is 2.47. The maximum atomic E-state index is 11.7. The van der Waals surface area contributed by atoms with Gasteiger partial charge in [0.05, 0.1) is 23.8 Å². The summed E-state index contributed by atoms with van der Waals surface area (Å²) in [5, 5.41) is 16.4. The van der Waals surface area contributed by atoms with E-state index >= 15 is 0 Å². The van der Waals surface area contributed by atoms with Gasteiger partial charge >= 0.3 is 11.7 Å². The standard InChI is InChI=1S/C14H13ClN6O3/c15-8-1-2-11-16-9(5-20(11)3-8)4-19-7-12-17-18-14(24)21(12)6-10(19)13(22)23/h1-3,5,10H,4,6-7H2,(H,18,24)(H,22,23). The molecule has 124 valence electrons. The minimum atomic E-state index is -0.986. The summed E-state index contributed by atoms with van der Waals surface area (Å²) in [6.45, 7) is 0.640. The molecule has 0 amide bonds. The number of nitrogens with one attached hydrogen (secondary N) is 1. The van der Waals surface area contributed by atoms with Crippen LogP contribution in [-0.2, 0) is 24.4 Å². The number of aliphatic carboxylic acids is 1. The quantitative estimate of drug-likeness (QED) is 0.706. The minimum absolute atomic E-state index is 0.0548. The molecular weight excluding hydrogens is 336 g/mol. The predicted octanol–water partition coefficient (Wildman–Crippen LogP) is 0.341. The van der Waals surface area contributed by atoms with E-state index in [1.54, 1.807) is 27.6 Å². The van der Waals surface area contributed by atoms with Crippen molar-refractivity contribution < 1.29 is 9.90 Å². The molecule has 1 atom stereocenters. The van der Waals surface area contributed by atoms with E-state index in [2.05, 4.69) is 15.2 Å². The summed E-state index contributed by atoms with van der Waals surface area (Å²) >= 11 is 5.96. The molecule has 0 bridgehead atoms. The maximum absolute atomic E-state index is 11.7. The van der Waals surface area contributed by atoms with Crippen LogP contribution in [0.5, 0.6) is 0 Å². The van der Waals surface area contributed by atoms with Gasteiger partial charge in [0.25, 0.3) is 0 Å².